The summed E-state index contributed by atoms with van der Waals surface area (Å²) in [6.45, 7) is 1.51. The topological polar surface area (TPSA) is 49.3 Å². The number of rotatable bonds is 7. The number of carbonyl (C=O) groups is 1. The molecule has 1 aromatic rings. The average molecular weight is 219 g/mol. The number of carboxylic acids is 1. The highest BCUT2D eigenvalue weighted by Gasteiger charge is 1.91. The maximum absolute atomic E-state index is 10.2. The Balaban J connectivity index is 2.02. The maximum Gasteiger partial charge on any atom is 0.328 e. The molecular weight excluding hydrogens is 202 g/mol. The molecule has 0 aromatic heterocycles. The Morgan fingerprint density at radius 1 is 1.31 bits per heavy atom. The molecule has 0 saturated carbocycles. The third-order valence-electron chi connectivity index (χ3n) is 2.18. The first-order chi connectivity index (χ1) is 7.79. The third kappa shape index (κ3) is 5.98. The first-order valence-corrected chi connectivity index (χ1v) is 5.43. The third-order valence-corrected chi connectivity index (χ3v) is 2.18. The number of carboxylic acid groups (broad SMARTS) is 1. The van der Waals surface area contributed by atoms with Crippen molar-refractivity contribution in [2.45, 2.75) is 12.8 Å². The van der Waals surface area contributed by atoms with E-state index < -0.39 is 5.97 Å². The highest BCUT2D eigenvalue weighted by Crippen LogP contribution is 2.01. The van der Waals surface area contributed by atoms with Crippen molar-refractivity contribution in [1.29, 1.82) is 0 Å². The molecule has 0 saturated heterocycles. The largest absolute Gasteiger partial charge is 0.478 e. The lowest BCUT2D eigenvalue weighted by Crippen LogP contribution is -2.15. The zero-order chi connectivity index (χ0) is 11.6. The smallest absolute Gasteiger partial charge is 0.328 e. The van der Waals surface area contributed by atoms with E-state index in [1.54, 1.807) is 6.08 Å². The minimum Gasteiger partial charge on any atom is -0.478 e. The Morgan fingerprint density at radius 3 is 2.75 bits per heavy atom. The summed E-state index contributed by atoms with van der Waals surface area (Å²) in [5.41, 5.74) is 1.34. The predicted octanol–water partition coefficient (Wildman–Crippen LogP) is 1.85. The van der Waals surface area contributed by atoms with E-state index >= 15 is 0 Å². The van der Waals surface area contributed by atoms with E-state index in [1.165, 1.54) is 5.56 Å². The number of aryl methyl sites for hydroxylation is 1. The second-order valence-electron chi connectivity index (χ2n) is 3.53. The van der Waals surface area contributed by atoms with Crippen molar-refractivity contribution in [1.82, 2.24) is 5.32 Å². The lowest BCUT2D eigenvalue weighted by atomic mass is 10.1. The zero-order valence-corrected chi connectivity index (χ0v) is 9.23. The number of hydrogen-bond donors (Lipinski definition) is 2. The molecule has 0 aliphatic carbocycles. The van der Waals surface area contributed by atoms with Crippen molar-refractivity contribution in [3.05, 3.63) is 48.0 Å². The van der Waals surface area contributed by atoms with Crippen molar-refractivity contribution >= 4 is 5.97 Å². The molecule has 1 rings (SSSR count). The molecule has 3 heteroatoms. The van der Waals surface area contributed by atoms with Gasteiger partial charge in [0.05, 0.1) is 0 Å². The molecule has 2 N–H and O–H groups in total. The predicted molar refractivity (Wildman–Crippen MR) is 64.4 cm³/mol. The summed E-state index contributed by atoms with van der Waals surface area (Å²) in [7, 11) is 0. The molecule has 3 nitrogen and oxygen atoms in total. The maximum atomic E-state index is 10.2. The summed E-state index contributed by atoms with van der Waals surface area (Å²) < 4.78 is 0. The Morgan fingerprint density at radius 2 is 2.06 bits per heavy atom. The second kappa shape index (κ2) is 7.65. The van der Waals surface area contributed by atoms with Crippen molar-refractivity contribution in [3.63, 3.8) is 0 Å². The monoisotopic (exact) mass is 219 g/mol. The van der Waals surface area contributed by atoms with Crippen molar-refractivity contribution < 1.29 is 9.90 Å². The van der Waals surface area contributed by atoms with Crippen LogP contribution in [0.15, 0.2) is 42.5 Å². The van der Waals surface area contributed by atoms with E-state index in [-0.39, 0.29) is 0 Å². The number of benzene rings is 1. The summed E-state index contributed by atoms with van der Waals surface area (Å²) >= 11 is 0. The van der Waals surface area contributed by atoms with Crippen LogP contribution in [0, 0.1) is 0 Å². The molecule has 86 valence electrons. The van der Waals surface area contributed by atoms with Gasteiger partial charge >= 0.3 is 5.97 Å². The Labute approximate surface area is 95.8 Å². The van der Waals surface area contributed by atoms with Gasteiger partial charge in [0.1, 0.15) is 0 Å². The van der Waals surface area contributed by atoms with Crippen molar-refractivity contribution in [2.24, 2.45) is 0 Å². The van der Waals surface area contributed by atoms with Crippen molar-refractivity contribution in [3.8, 4) is 0 Å². The molecule has 0 bridgehead atoms. The van der Waals surface area contributed by atoms with Gasteiger partial charge in [0.2, 0.25) is 0 Å². The molecule has 0 unspecified atom stereocenters. The fourth-order valence-corrected chi connectivity index (χ4v) is 1.41. The van der Waals surface area contributed by atoms with Crippen LogP contribution < -0.4 is 5.32 Å². The zero-order valence-electron chi connectivity index (χ0n) is 9.23. The Hall–Kier alpha value is -1.61. The van der Waals surface area contributed by atoms with Crippen LogP contribution in [0.2, 0.25) is 0 Å². The van der Waals surface area contributed by atoms with Crippen LogP contribution >= 0.6 is 0 Å². The van der Waals surface area contributed by atoms with Crippen LogP contribution in [0.3, 0.4) is 0 Å². The summed E-state index contributed by atoms with van der Waals surface area (Å²) in [5.74, 6) is -0.897. The number of hydrogen-bond acceptors (Lipinski definition) is 2. The minimum atomic E-state index is -0.897. The second-order valence-corrected chi connectivity index (χ2v) is 3.53. The van der Waals surface area contributed by atoms with Crippen molar-refractivity contribution in [2.75, 3.05) is 13.1 Å². The fourth-order valence-electron chi connectivity index (χ4n) is 1.41. The Kier molecular flexibility index (Phi) is 5.96. The quantitative estimate of drug-likeness (QED) is 0.543. The average Bonchev–Trinajstić information content (AvgIpc) is 2.29. The summed E-state index contributed by atoms with van der Waals surface area (Å²) in [5, 5.41) is 11.5. The van der Waals surface area contributed by atoms with Gasteiger partial charge in [-0.3, -0.25) is 0 Å². The first-order valence-electron chi connectivity index (χ1n) is 5.43. The highest BCUT2D eigenvalue weighted by molar-refractivity contribution is 5.79. The molecule has 0 amide bonds. The first kappa shape index (κ1) is 12.5. The van der Waals surface area contributed by atoms with Gasteiger partial charge in [-0.05, 0) is 24.9 Å². The van der Waals surface area contributed by atoms with E-state index in [2.05, 4.69) is 17.4 Å². The van der Waals surface area contributed by atoms with E-state index in [9.17, 15) is 4.79 Å². The molecule has 0 atom stereocenters. The van der Waals surface area contributed by atoms with E-state index in [4.69, 9.17) is 5.11 Å². The summed E-state index contributed by atoms with van der Waals surface area (Å²) in [6, 6.07) is 10.3. The number of nitrogens with one attached hydrogen (secondary N) is 1. The van der Waals surface area contributed by atoms with E-state index in [1.807, 2.05) is 18.2 Å². The molecule has 0 spiro atoms. The molecule has 0 aliphatic heterocycles. The van der Waals surface area contributed by atoms with Crippen LogP contribution in [-0.4, -0.2) is 24.2 Å². The van der Waals surface area contributed by atoms with Crippen LogP contribution in [0.4, 0.5) is 0 Å². The van der Waals surface area contributed by atoms with Crippen LogP contribution in [-0.2, 0) is 11.2 Å². The molecule has 0 heterocycles. The lowest BCUT2D eigenvalue weighted by Gasteiger charge is -2.01. The summed E-state index contributed by atoms with van der Waals surface area (Å²) in [4.78, 5) is 10.2. The van der Waals surface area contributed by atoms with Gasteiger partial charge in [0.15, 0.2) is 0 Å². The SMILES string of the molecule is O=C(O)/C=C/CNCCCc1ccccc1. The summed E-state index contributed by atoms with van der Waals surface area (Å²) in [6.07, 6.45) is 4.89. The van der Waals surface area contributed by atoms with Gasteiger partial charge in [-0.15, -0.1) is 0 Å². The Bertz CT molecular complexity index is 333. The van der Waals surface area contributed by atoms with Gasteiger partial charge in [0, 0.05) is 12.6 Å². The lowest BCUT2D eigenvalue weighted by molar-refractivity contribution is -0.131. The highest BCUT2D eigenvalue weighted by atomic mass is 16.4. The van der Waals surface area contributed by atoms with Crippen LogP contribution in [0.5, 0.6) is 0 Å². The molecule has 0 fully saturated rings. The molecular formula is C13H17NO2. The number of aliphatic carboxylic acids is 1. The van der Waals surface area contributed by atoms with Crippen LogP contribution in [0.1, 0.15) is 12.0 Å². The van der Waals surface area contributed by atoms with E-state index in [0.29, 0.717) is 6.54 Å². The molecule has 0 radical (unpaired) electrons. The molecule has 1 aromatic carbocycles. The molecule has 16 heavy (non-hydrogen) atoms. The van der Waals surface area contributed by atoms with Gasteiger partial charge < -0.3 is 10.4 Å². The van der Waals surface area contributed by atoms with Gasteiger partial charge in [-0.2, -0.15) is 0 Å². The van der Waals surface area contributed by atoms with Gasteiger partial charge in [0.25, 0.3) is 0 Å². The van der Waals surface area contributed by atoms with Gasteiger partial charge in [-0.25, -0.2) is 4.79 Å². The normalized spacial score (nSPS) is 10.8. The minimum absolute atomic E-state index is 0.612. The molecule has 0 aliphatic rings. The van der Waals surface area contributed by atoms with Gasteiger partial charge in [-0.1, -0.05) is 36.4 Å². The fraction of sp³-hybridized carbons (Fsp3) is 0.308. The standard InChI is InChI=1S/C13H17NO2/c15-13(16)9-5-11-14-10-4-8-12-6-2-1-3-7-12/h1-3,5-7,9,14H,4,8,10-11H2,(H,15,16)/b9-5+. The van der Waals surface area contributed by atoms with Crippen LogP contribution in [0.25, 0.3) is 0 Å². The van der Waals surface area contributed by atoms with E-state index in [0.717, 1.165) is 25.5 Å².